The van der Waals surface area contributed by atoms with E-state index in [0.29, 0.717) is 11.7 Å². The van der Waals surface area contributed by atoms with Gasteiger partial charge in [-0.15, -0.1) is 0 Å². The van der Waals surface area contributed by atoms with Gasteiger partial charge in [0.05, 0.1) is 0 Å². The Morgan fingerprint density at radius 1 is 1.15 bits per heavy atom. The first-order valence-electron chi connectivity index (χ1n) is 6.35. The summed E-state index contributed by atoms with van der Waals surface area (Å²) in [6.45, 7) is 5.57. The molecule has 0 aliphatic heterocycles. The van der Waals surface area contributed by atoms with Crippen LogP contribution < -0.4 is 10.1 Å². The molecule has 0 atom stereocenters. The molecule has 0 fully saturated rings. The first-order chi connectivity index (χ1) is 9.54. The van der Waals surface area contributed by atoms with Crippen molar-refractivity contribution >= 4 is 11.9 Å². The van der Waals surface area contributed by atoms with Crippen LogP contribution in [0.4, 0.5) is 5.95 Å². The number of benzene rings is 1. The second kappa shape index (κ2) is 6.14. The molecule has 5 nitrogen and oxygen atoms in total. The lowest BCUT2D eigenvalue weighted by Crippen LogP contribution is -2.22. The summed E-state index contributed by atoms with van der Waals surface area (Å²) in [6.07, 6.45) is 0. The van der Waals surface area contributed by atoms with E-state index in [1.807, 2.05) is 51.1 Å². The number of rotatable bonds is 4. The number of aryl methyl sites for hydroxylation is 3. The summed E-state index contributed by atoms with van der Waals surface area (Å²) >= 11 is 0. The Hall–Kier alpha value is -2.43. The van der Waals surface area contributed by atoms with Crippen LogP contribution in [0.15, 0.2) is 30.3 Å². The summed E-state index contributed by atoms with van der Waals surface area (Å²) in [5.41, 5.74) is 2.61. The van der Waals surface area contributed by atoms with Crippen LogP contribution in [-0.2, 0) is 4.79 Å². The SMILES string of the molecule is Cc1cc(C)nc(NC(=O)COc2ccccc2C)n1. The van der Waals surface area contributed by atoms with Crippen molar-refractivity contribution in [1.82, 2.24) is 9.97 Å². The molecule has 0 aliphatic carbocycles. The van der Waals surface area contributed by atoms with E-state index in [2.05, 4.69) is 15.3 Å². The second-order valence-corrected chi connectivity index (χ2v) is 4.58. The fourth-order valence-electron chi connectivity index (χ4n) is 1.80. The van der Waals surface area contributed by atoms with E-state index in [1.54, 1.807) is 0 Å². The predicted molar refractivity (Wildman–Crippen MR) is 76.8 cm³/mol. The van der Waals surface area contributed by atoms with Crippen LogP contribution in [0.1, 0.15) is 17.0 Å². The third-order valence-electron chi connectivity index (χ3n) is 2.69. The summed E-state index contributed by atoms with van der Waals surface area (Å²) < 4.78 is 5.46. The molecule has 1 heterocycles. The molecule has 5 heteroatoms. The largest absolute Gasteiger partial charge is 0.483 e. The van der Waals surface area contributed by atoms with Gasteiger partial charge in [-0.05, 0) is 38.5 Å². The highest BCUT2D eigenvalue weighted by molar-refractivity contribution is 5.90. The summed E-state index contributed by atoms with van der Waals surface area (Å²) in [5, 5.41) is 2.63. The quantitative estimate of drug-likeness (QED) is 0.927. The summed E-state index contributed by atoms with van der Waals surface area (Å²) in [5.74, 6) is 0.725. The molecule has 0 spiro atoms. The summed E-state index contributed by atoms with van der Waals surface area (Å²) in [7, 11) is 0. The van der Waals surface area contributed by atoms with Gasteiger partial charge >= 0.3 is 0 Å². The maximum absolute atomic E-state index is 11.8. The third kappa shape index (κ3) is 3.78. The molecule has 0 saturated heterocycles. The Balaban J connectivity index is 1.94. The monoisotopic (exact) mass is 271 g/mol. The minimum absolute atomic E-state index is 0.0683. The highest BCUT2D eigenvalue weighted by atomic mass is 16.5. The van der Waals surface area contributed by atoms with Gasteiger partial charge in [0.15, 0.2) is 6.61 Å². The molecule has 2 rings (SSSR count). The van der Waals surface area contributed by atoms with Crippen LogP contribution in [0.2, 0.25) is 0 Å². The number of amides is 1. The van der Waals surface area contributed by atoms with E-state index in [0.717, 1.165) is 17.0 Å². The first-order valence-corrected chi connectivity index (χ1v) is 6.35. The van der Waals surface area contributed by atoms with Crippen molar-refractivity contribution in [2.24, 2.45) is 0 Å². The van der Waals surface area contributed by atoms with Crippen LogP contribution in [-0.4, -0.2) is 22.5 Å². The molecule has 0 bridgehead atoms. The standard InChI is InChI=1S/C15H17N3O2/c1-10-6-4-5-7-13(10)20-9-14(19)18-15-16-11(2)8-12(3)17-15/h4-8H,9H2,1-3H3,(H,16,17,18,19). The van der Waals surface area contributed by atoms with Gasteiger partial charge in [-0.25, -0.2) is 9.97 Å². The number of hydrogen-bond acceptors (Lipinski definition) is 4. The summed E-state index contributed by atoms with van der Waals surface area (Å²) in [6, 6.07) is 9.40. The van der Waals surface area contributed by atoms with Gasteiger partial charge < -0.3 is 4.74 Å². The van der Waals surface area contributed by atoms with E-state index in [9.17, 15) is 4.79 Å². The predicted octanol–water partition coefficient (Wildman–Crippen LogP) is 2.42. The lowest BCUT2D eigenvalue weighted by molar-refractivity contribution is -0.118. The number of nitrogens with zero attached hydrogens (tertiary/aromatic N) is 2. The Labute approximate surface area is 118 Å². The molecule has 104 valence electrons. The van der Waals surface area contributed by atoms with Crippen LogP contribution >= 0.6 is 0 Å². The van der Waals surface area contributed by atoms with Crippen LogP contribution in [0.25, 0.3) is 0 Å². The van der Waals surface area contributed by atoms with E-state index < -0.39 is 0 Å². The van der Waals surface area contributed by atoms with Crippen molar-refractivity contribution in [2.75, 3.05) is 11.9 Å². The van der Waals surface area contributed by atoms with Gasteiger partial charge in [0.2, 0.25) is 5.95 Å². The minimum atomic E-state index is -0.279. The molecular weight excluding hydrogens is 254 g/mol. The van der Waals surface area contributed by atoms with Gasteiger partial charge in [-0.2, -0.15) is 0 Å². The number of aromatic nitrogens is 2. The van der Waals surface area contributed by atoms with Gasteiger partial charge in [0.1, 0.15) is 5.75 Å². The molecule has 2 aromatic rings. The molecule has 0 unspecified atom stereocenters. The van der Waals surface area contributed by atoms with Crippen LogP contribution in [0.5, 0.6) is 5.75 Å². The Morgan fingerprint density at radius 3 is 2.45 bits per heavy atom. The maximum Gasteiger partial charge on any atom is 0.264 e. The number of carbonyl (C=O) groups excluding carboxylic acids is 1. The minimum Gasteiger partial charge on any atom is -0.483 e. The zero-order valence-electron chi connectivity index (χ0n) is 11.8. The second-order valence-electron chi connectivity index (χ2n) is 4.58. The zero-order valence-corrected chi connectivity index (χ0v) is 11.8. The van der Waals surface area contributed by atoms with E-state index in [1.165, 1.54) is 0 Å². The van der Waals surface area contributed by atoms with E-state index >= 15 is 0 Å². The highest BCUT2D eigenvalue weighted by Gasteiger charge is 2.07. The number of nitrogens with one attached hydrogen (secondary N) is 1. The molecular formula is C15H17N3O2. The normalized spacial score (nSPS) is 10.2. The van der Waals surface area contributed by atoms with Crippen molar-refractivity contribution in [1.29, 1.82) is 0 Å². The molecule has 0 aliphatic rings. The van der Waals surface area contributed by atoms with Gasteiger partial charge in [0.25, 0.3) is 5.91 Å². The van der Waals surface area contributed by atoms with Crippen LogP contribution in [0, 0.1) is 20.8 Å². The van der Waals surface area contributed by atoms with Crippen molar-refractivity contribution in [3.8, 4) is 5.75 Å². The molecule has 20 heavy (non-hydrogen) atoms. The van der Waals surface area contributed by atoms with Crippen molar-refractivity contribution in [3.63, 3.8) is 0 Å². The molecule has 1 N–H and O–H groups in total. The topological polar surface area (TPSA) is 64.1 Å². The molecule has 1 amide bonds. The fourth-order valence-corrected chi connectivity index (χ4v) is 1.80. The van der Waals surface area contributed by atoms with E-state index in [-0.39, 0.29) is 12.5 Å². The first kappa shape index (κ1) is 14.0. The lowest BCUT2D eigenvalue weighted by Gasteiger charge is -2.09. The average Bonchev–Trinajstić information content (AvgIpc) is 2.36. The highest BCUT2D eigenvalue weighted by Crippen LogP contribution is 2.15. The Bertz CT molecular complexity index is 606. The Kier molecular flexibility index (Phi) is 4.30. The van der Waals surface area contributed by atoms with Crippen LogP contribution in [0.3, 0.4) is 0 Å². The van der Waals surface area contributed by atoms with Crippen molar-refractivity contribution in [3.05, 3.63) is 47.3 Å². The number of hydrogen-bond donors (Lipinski definition) is 1. The smallest absolute Gasteiger partial charge is 0.264 e. The number of ether oxygens (including phenoxy) is 1. The number of para-hydroxylation sites is 1. The van der Waals surface area contributed by atoms with Gasteiger partial charge in [-0.1, -0.05) is 18.2 Å². The average molecular weight is 271 g/mol. The lowest BCUT2D eigenvalue weighted by atomic mass is 10.2. The molecule has 0 saturated carbocycles. The zero-order chi connectivity index (χ0) is 14.5. The van der Waals surface area contributed by atoms with E-state index in [4.69, 9.17) is 4.74 Å². The maximum atomic E-state index is 11.8. The third-order valence-corrected chi connectivity index (χ3v) is 2.69. The summed E-state index contributed by atoms with van der Waals surface area (Å²) in [4.78, 5) is 20.1. The molecule has 0 radical (unpaired) electrons. The number of anilines is 1. The fraction of sp³-hybridized carbons (Fsp3) is 0.267. The van der Waals surface area contributed by atoms with Crippen molar-refractivity contribution < 1.29 is 9.53 Å². The van der Waals surface area contributed by atoms with Gasteiger partial charge in [-0.3, -0.25) is 10.1 Å². The number of carbonyl (C=O) groups is 1. The molecule has 1 aromatic heterocycles. The van der Waals surface area contributed by atoms with Crippen molar-refractivity contribution in [2.45, 2.75) is 20.8 Å². The molecule has 1 aromatic carbocycles. The Morgan fingerprint density at radius 2 is 1.80 bits per heavy atom. The van der Waals surface area contributed by atoms with Gasteiger partial charge in [0, 0.05) is 11.4 Å².